The highest BCUT2D eigenvalue weighted by atomic mass is 35.5. The molecule has 1 atom stereocenters. The highest BCUT2D eigenvalue weighted by Gasteiger charge is 2.35. The van der Waals surface area contributed by atoms with E-state index in [9.17, 15) is 4.79 Å². The van der Waals surface area contributed by atoms with Gasteiger partial charge in [-0.2, -0.15) is 5.10 Å². The molecule has 5 nitrogen and oxygen atoms in total. The van der Waals surface area contributed by atoms with Crippen LogP contribution in [0.4, 0.5) is 0 Å². The third-order valence-electron chi connectivity index (χ3n) is 5.61. The van der Waals surface area contributed by atoms with Gasteiger partial charge < -0.3 is 4.74 Å². The fourth-order valence-corrected chi connectivity index (χ4v) is 4.23. The quantitative estimate of drug-likeness (QED) is 0.764. The van der Waals surface area contributed by atoms with Crippen LogP contribution in [0.2, 0.25) is 5.02 Å². The number of carbonyl (C=O) groups is 1. The second-order valence-electron chi connectivity index (χ2n) is 7.73. The molecule has 2 heterocycles. The van der Waals surface area contributed by atoms with Gasteiger partial charge in [0.05, 0.1) is 31.5 Å². The van der Waals surface area contributed by atoms with E-state index in [1.54, 1.807) is 5.01 Å². The SMILES string of the molecule is Cc1ccc(C)c([C@@H]2CC(c3ccccc3Cl)=NN2C(=O)CN2CCOCC2)c1. The molecule has 0 aromatic heterocycles. The summed E-state index contributed by atoms with van der Waals surface area (Å²) in [5.74, 6) is 0.0138. The molecular weight excluding hydrogens is 386 g/mol. The molecule has 2 aliphatic rings. The van der Waals surface area contributed by atoms with E-state index in [1.807, 2.05) is 24.3 Å². The van der Waals surface area contributed by atoms with Gasteiger partial charge in [-0.1, -0.05) is 53.6 Å². The first-order valence-electron chi connectivity index (χ1n) is 10.0. The Morgan fingerprint density at radius 1 is 1.17 bits per heavy atom. The average molecular weight is 412 g/mol. The van der Waals surface area contributed by atoms with Crippen molar-refractivity contribution in [3.05, 3.63) is 69.7 Å². The summed E-state index contributed by atoms with van der Waals surface area (Å²) in [6, 6.07) is 14.0. The summed E-state index contributed by atoms with van der Waals surface area (Å²) in [6.45, 7) is 7.40. The molecule has 29 heavy (non-hydrogen) atoms. The van der Waals surface area contributed by atoms with Crippen LogP contribution in [0.3, 0.4) is 0 Å². The van der Waals surface area contributed by atoms with E-state index in [4.69, 9.17) is 21.4 Å². The number of aryl methyl sites for hydroxylation is 2. The third-order valence-corrected chi connectivity index (χ3v) is 5.94. The summed E-state index contributed by atoms with van der Waals surface area (Å²) in [5, 5.41) is 7.11. The first kappa shape index (κ1) is 20.1. The van der Waals surface area contributed by atoms with E-state index in [1.165, 1.54) is 11.1 Å². The van der Waals surface area contributed by atoms with Crippen LogP contribution in [0.1, 0.15) is 34.7 Å². The zero-order valence-corrected chi connectivity index (χ0v) is 17.7. The van der Waals surface area contributed by atoms with Crippen LogP contribution in [0.25, 0.3) is 0 Å². The molecule has 2 aliphatic heterocycles. The lowest BCUT2D eigenvalue weighted by molar-refractivity contribution is -0.135. The molecule has 4 rings (SSSR count). The molecule has 1 saturated heterocycles. The molecule has 0 N–H and O–H groups in total. The predicted molar refractivity (Wildman–Crippen MR) is 115 cm³/mol. The van der Waals surface area contributed by atoms with E-state index in [2.05, 4.69) is 36.9 Å². The number of hydrogen-bond donors (Lipinski definition) is 0. The number of nitrogens with zero attached hydrogens (tertiary/aromatic N) is 3. The fourth-order valence-electron chi connectivity index (χ4n) is 3.98. The number of ether oxygens (including phenoxy) is 1. The minimum Gasteiger partial charge on any atom is -0.379 e. The van der Waals surface area contributed by atoms with Crippen LogP contribution in [0.15, 0.2) is 47.6 Å². The number of benzene rings is 2. The maximum absolute atomic E-state index is 13.3. The fraction of sp³-hybridized carbons (Fsp3) is 0.391. The summed E-state index contributed by atoms with van der Waals surface area (Å²) in [7, 11) is 0. The van der Waals surface area contributed by atoms with Crippen LogP contribution in [0.5, 0.6) is 0 Å². The zero-order valence-electron chi connectivity index (χ0n) is 16.9. The molecular formula is C23H26ClN3O2. The molecule has 1 amide bonds. The van der Waals surface area contributed by atoms with E-state index in [0.717, 1.165) is 29.9 Å². The van der Waals surface area contributed by atoms with Gasteiger partial charge >= 0.3 is 0 Å². The van der Waals surface area contributed by atoms with E-state index in [-0.39, 0.29) is 11.9 Å². The van der Waals surface area contributed by atoms with Gasteiger partial charge in [-0.05, 0) is 31.0 Å². The summed E-state index contributed by atoms with van der Waals surface area (Å²) in [5.41, 5.74) is 5.24. The number of hydrazone groups is 1. The number of halogens is 1. The molecule has 0 saturated carbocycles. The van der Waals surface area contributed by atoms with E-state index >= 15 is 0 Å². The van der Waals surface area contributed by atoms with Gasteiger partial charge in [0.25, 0.3) is 5.91 Å². The number of rotatable bonds is 4. The first-order valence-corrected chi connectivity index (χ1v) is 10.4. The average Bonchev–Trinajstić information content (AvgIpc) is 3.16. The van der Waals surface area contributed by atoms with Gasteiger partial charge in [-0.3, -0.25) is 9.69 Å². The Balaban J connectivity index is 1.66. The topological polar surface area (TPSA) is 45.1 Å². The van der Waals surface area contributed by atoms with Crippen LogP contribution < -0.4 is 0 Å². The Labute approximate surface area is 176 Å². The lowest BCUT2D eigenvalue weighted by Gasteiger charge is -2.29. The minimum atomic E-state index is -0.116. The number of carbonyl (C=O) groups excluding carboxylic acids is 1. The standard InChI is InChI=1S/C23H26ClN3O2/c1-16-7-8-17(2)19(13-16)22-14-21(18-5-3-4-6-20(18)24)25-27(22)23(28)15-26-9-11-29-12-10-26/h3-8,13,22H,9-12,14-15H2,1-2H3/t22-/m0/s1. The number of amides is 1. The molecule has 6 heteroatoms. The Hall–Kier alpha value is -2.21. The third kappa shape index (κ3) is 4.37. The van der Waals surface area contributed by atoms with Crippen molar-refractivity contribution < 1.29 is 9.53 Å². The lowest BCUT2D eigenvalue weighted by atomic mass is 9.94. The maximum Gasteiger partial charge on any atom is 0.257 e. The smallest absolute Gasteiger partial charge is 0.257 e. The maximum atomic E-state index is 13.3. The van der Waals surface area contributed by atoms with Crippen molar-refractivity contribution in [1.82, 2.24) is 9.91 Å². The van der Waals surface area contributed by atoms with Crippen LogP contribution >= 0.6 is 11.6 Å². The predicted octanol–water partition coefficient (Wildman–Crippen LogP) is 3.97. The van der Waals surface area contributed by atoms with Crippen molar-refractivity contribution in [1.29, 1.82) is 0 Å². The second-order valence-corrected chi connectivity index (χ2v) is 8.14. The van der Waals surface area contributed by atoms with Crippen molar-refractivity contribution in [2.24, 2.45) is 5.10 Å². The van der Waals surface area contributed by atoms with Gasteiger partial charge in [0.15, 0.2) is 0 Å². The normalized spacial score (nSPS) is 20.0. The van der Waals surface area contributed by atoms with E-state index < -0.39 is 0 Å². The van der Waals surface area contributed by atoms with Crippen LogP contribution in [0, 0.1) is 13.8 Å². The molecule has 0 unspecified atom stereocenters. The Bertz CT molecular complexity index is 937. The van der Waals surface area contributed by atoms with Crippen molar-refractivity contribution in [3.63, 3.8) is 0 Å². The molecule has 152 valence electrons. The second kappa shape index (κ2) is 8.66. The number of hydrogen-bond acceptors (Lipinski definition) is 4. The monoisotopic (exact) mass is 411 g/mol. The highest BCUT2D eigenvalue weighted by molar-refractivity contribution is 6.34. The van der Waals surface area contributed by atoms with Crippen LogP contribution in [-0.4, -0.2) is 54.4 Å². The van der Waals surface area contributed by atoms with Gasteiger partial charge in [-0.25, -0.2) is 5.01 Å². The minimum absolute atomic E-state index is 0.0138. The van der Waals surface area contributed by atoms with Crippen molar-refractivity contribution in [2.75, 3.05) is 32.8 Å². The molecule has 0 radical (unpaired) electrons. The van der Waals surface area contributed by atoms with Gasteiger partial charge in [0.1, 0.15) is 0 Å². The molecule has 2 aromatic rings. The van der Waals surface area contributed by atoms with Crippen molar-refractivity contribution >= 4 is 23.2 Å². The summed E-state index contributed by atoms with van der Waals surface area (Å²) < 4.78 is 5.41. The van der Waals surface area contributed by atoms with Crippen molar-refractivity contribution in [3.8, 4) is 0 Å². The highest BCUT2D eigenvalue weighted by Crippen LogP contribution is 2.36. The molecule has 0 spiro atoms. The summed E-state index contributed by atoms with van der Waals surface area (Å²) in [6.07, 6.45) is 0.656. The Kier molecular flexibility index (Phi) is 5.99. The summed E-state index contributed by atoms with van der Waals surface area (Å²) in [4.78, 5) is 15.4. The molecule has 0 bridgehead atoms. The zero-order chi connectivity index (χ0) is 20.4. The largest absolute Gasteiger partial charge is 0.379 e. The molecule has 2 aromatic carbocycles. The number of morpholine rings is 1. The lowest BCUT2D eigenvalue weighted by Crippen LogP contribution is -2.43. The molecule has 0 aliphatic carbocycles. The van der Waals surface area contributed by atoms with Gasteiger partial charge in [-0.15, -0.1) is 0 Å². The van der Waals surface area contributed by atoms with Crippen LogP contribution in [-0.2, 0) is 9.53 Å². The van der Waals surface area contributed by atoms with Gasteiger partial charge in [0.2, 0.25) is 0 Å². The Morgan fingerprint density at radius 2 is 1.93 bits per heavy atom. The van der Waals surface area contributed by atoms with Crippen molar-refractivity contribution in [2.45, 2.75) is 26.3 Å². The summed E-state index contributed by atoms with van der Waals surface area (Å²) >= 11 is 6.43. The molecule has 1 fully saturated rings. The first-order chi connectivity index (χ1) is 14.0. The van der Waals surface area contributed by atoms with Gasteiger partial charge in [0, 0.05) is 30.1 Å². The Morgan fingerprint density at radius 3 is 2.69 bits per heavy atom. The van der Waals surface area contributed by atoms with E-state index in [0.29, 0.717) is 31.2 Å².